The van der Waals surface area contributed by atoms with Gasteiger partial charge in [0.15, 0.2) is 0 Å². The highest BCUT2D eigenvalue weighted by atomic mass is 15.2. The van der Waals surface area contributed by atoms with Crippen molar-refractivity contribution in [3.63, 3.8) is 0 Å². The summed E-state index contributed by atoms with van der Waals surface area (Å²) in [7, 11) is 0. The van der Waals surface area contributed by atoms with E-state index in [1.165, 1.54) is 16.9 Å². The molecule has 3 heteroatoms. The van der Waals surface area contributed by atoms with E-state index in [1.807, 2.05) is 12.1 Å². The number of nitrogens with one attached hydrogen (secondary N) is 1. The first-order valence-electron chi connectivity index (χ1n) is 7.29. The van der Waals surface area contributed by atoms with Crippen LogP contribution in [-0.2, 0) is 6.42 Å². The molecule has 2 rings (SSSR count). The van der Waals surface area contributed by atoms with Crippen molar-refractivity contribution < 1.29 is 0 Å². The Morgan fingerprint density at radius 2 is 2.05 bits per heavy atom. The van der Waals surface area contributed by atoms with Crippen LogP contribution in [0, 0.1) is 0 Å². The third-order valence-corrected chi connectivity index (χ3v) is 3.86. The van der Waals surface area contributed by atoms with Crippen LogP contribution >= 0.6 is 0 Å². The summed E-state index contributed by atoms with van der Waals surface area (Å²) in [4.78, 5) is 2.51. The first-order chi connectivity index (χ1) is 9.19. The number of hydrogen-bond donors (Lipinski definition) is 2. The van der Waals surface area contributed by atoms with E-state index in [0.717, 1.165) is 31.6 Å². The third kappa shape index (κ3) is 2.92. The molecule has 1 unspecified atom stereocenters. The van der Waals surface area contributed by atoms with Crippen molar-refractivity contribution >= 4 is 11.4 Å². The Bertz CT molecular complexity index is 461. The van der Waals surface area contributed by atoms with Crippen molar-refractivity contribution in [3.05, 3.63) is 35.5 Å². The highest BCUT2D eigenvalue weighted by molar-refractivity contribution is 5.65. The normalized spacial score (nSPS) is 20.4. The molecule has 0 aliphatic carbocycles. The summed E-state index contributed by atoms with van der Waals surface area (Å²) in [5.41, 5.74) is 10.6. The van der Waals surface area contributed by atoms with Gasteiger partial charge in [0.1, 0.15) is 0 Å². The average Bonchev–Trinajstić information content (AvgIpc) is 2.41. The number of nitrogens with two attached hydrogens (primary N) is 1. The van der Waals surface area contributed by atoms with Crippen molar-refractivity contribution in [2.24, 2.45) is 0 Å². The summed E-state index contributed by atoms with van der Waals surface area (Å²) in [6, 6.07) is 6.65. The second-order valence-corrected chi connectivity index (χ2v) is 5.05. The van der Waals surface area contributed by atoms with Crippen LogP contribution in [0.3, 0.4) is 0 Å². The zero-order valence-corrected chi connectivity index (χ0v) is 12.2. The van der Waals surface area contributed by atoms with Crippen LogP contribution in [0.1, 0.15) is 32.8 Å². The molecule has 19 heavy (non-hydrogen) atoms. The molecule has 1 aromatic rings. The van der Waals surface area contributed by atoms with E-state index in [0.29, 0.717) is 6.04 Å². The van der Waals surface area contributed by atoms with Gasteiger partial charge in [-0.25, -0.2) is 0 Å². The maximum Gasteiger partial charge on any atom is 0.0536 e. The van der Waals surface area contributed by atoms with Gasteiger partial charge in [-0.05, 0) is 43.6 Å². The van der Waals surface area contributed by atoms with Crippen molar-refractivity contribution in [2.45, 2.75) is 39.7 Å². The summed E-state index contributed by atoms with van der Waals surface area (Å²) in [6.45, 7) is 8.79. The molecule has 0 spiro atoms. The quantitative estimate of drug-likeness (QED) is 0.816. The number of likely N-dealkylation sites (N-methyl/N-ethyl adjacent to an activating group) is 1. The van der Waals surface area contributed by atoms with Gasteiger partial charge < -0.3 is 11.1 Å². The van der Waals surface area contributed by atoms with E-state index < -0.39 is 0 Å². The predicted octanol–water partition coefficient (Wildman–Crippen LogP) is 3.24. The molecule has 0 saturated carbocycles. The van der Waals surface area contributed by atoms with Crippen LogP contribution in [0.4, 0.5) is 11.4 Å². The predicted molar refractivity (Wildman–Crippen MR) is 83.3 cm³/mol. The number of hydrogen-bond acceptors (Lipinski definition) is 3. The molecule has 0 radical (unpaired) electrons. The first kappa shape index (κ1) is 13.9. The zero-order valence-electron chi connectivity index (χ0n) is 12.2. The first-order valence-corrected chi connectivity index (χ1v) is 7.29. The standard InChI is InChI=1S/C16H25N3/c1-4-7-14-16(19(5-2)6-3)10-12-8-9-13(17)11-15(12)18-14/h7-9,11,16,18H,4-6,10,17H2,1-3H3/b14-7+. The number of anilines is 2. The molecule has 1 aliphatic rings. The molecule has 3 N–H and O–H groups in total. The summed E-state index contributed by atoms with van der Waals surface area (Å²) in [5.74, 6) is 0. The fourth-order valence-electron chi connectivity index (χ4n) is 2.84. The highest BCUT2D eigenvalue weighted by Crippen LogP contribution is 2.31. The molecule has 0 fully saturated rings. The molecule has 1 heterocycles. The zero-order chi connectivity index (χ0) is 13.8. The monoisotopic (exact) mass is 259 g/mol. The van der Waals surface area contributed by atoms with Gasteiger partial charge in [0.05, 0.1) is 6.04 Å². The Morgan fingerprint density at radius 1 is 1.32 bits per heavy atom. The summed E-state index contributed by atoms with van der Waals surface area (Å²) >= 11 is 0. The van der Waals surface area contributed by atoms with E-state index in [1.54, 1.807) is 0 Å². The van der Waals surface area contributed by atoms with Gasteiger partial charge in [-0.3, -0.25) is 4.90 Å². The van der Waals surface area contributed by atoms with E-state index >= 15 is 0 Å². The van der Waals surface area contributed by atoms with Gasteiger partial charge >= 0.3 is 0 Å². The van der Waals surface area contributed by atoms with Crippen LogP contribution in [0.2, 0.25) is 0 Å². The molecule has 0 bridgehead atoms. The lowest BCUT2D eigenvalue weighted by Crippen LogP contribution is -2.42. The molecule has 104 valence electrons. The molecule has 3 nitrogen and oxygen atoms in total. The Kier molecular flexibility index (Phi) is 4.48. The lowest BCUT2D eigenvalue weighted by Gasteiger charge is -2.36. The number of nitrogens with zero attached hydrogens (tertiary/aromatic N) is 1. The summed E-state index contributed by atoms with van der Waals surface area (Å²) in [6.07, 6.45) is 4.42. The van der Waals surface area contributed by atoms with Crippen molar-refractivity contribution in [2.75, 3.05) is 24.1 Å². The Balaban J connectivity index is 2.34. The van der Waals surface area contributed by atoms with Crippen molar-refractivity contribution in [1.29, 1.82) is 0 Å². The Labute approximate surface area is 116 Å². The highest BCUT2D eigenvalue weighted by Gasteiger charge is 2.26. The minimum atomic E-state index is 0.464. The second kappa shape index (κ2) is 6.11. The van der Waals surface area contributed by atoms with Crippen LogP contribution < -0.4 is 11.1 Å². The van der Waals surface area contributed by atoms with Crippen molar-refractivity contribution in [3.8, 4) is 0 Å². The molecule has 0 aromatic heterocycles. The van der Waals surface area contributed by atoms with Crippen LogP contribution in [0.25, 0.3) is 0 Å². The maximum atomic E-state index is 5.88. The Morgan fingerprint density at radius 3 is 2.68 bits per heavy atom. The molecule has 0 saturated heterocycles. The van der Waals surface area contributed by atoms with Crippen LogP contribution in [0.5, 0.6) is 0 Å². The number of allylic oxidation sites excluding steroid dienone is 1. The summed E-state index contributed by atoms with van der Waals surface area (Å²) < 4.78 is 0. The second-order valence-electron chi connectivity index (χ2n) is 5.05. The number of fused-ring (bicyclic) bond motifs is 1. The fourth-order valence-corrected chi connectivity index (χ4v) is 2.84. The average molecular weight is 259 g/mol. The van der Waals surface area contributed by atoms with E-state index in [9.17, 15) is 0 Å². The SMILES string of the molecule is CC/C=C1/Nc2cc(N)ccc2CC1N(CC)CC. The number of benzene rings is 1. The lowest BCUT2D eigenvalue weighted by molar-refractivity contribution is 0.241. The van der Waals surface area contributed by atoms with Crippen LogP contribution in [0.15, 0.2) is 30.0 Å². The third-order valence-electron chi connectivity index (χ3n) is 3.86. The topological polar surface area (TPSA) is 41.3 Å². The minimum absolute atomic E-state index is 0.464. The van der Waals surface area contributed by atoms with Crippen LogP contribution in [-0.4, -0.2) is 24.0 Å². The van der Waals surface area contributed by atoms with Gasteiger partial charge in [0, 0.05) is 17.1 Å². The van der Waals surface area contributed by atoms with Gasteiger partial charge in [0.2, 0.25) is 0 Å². The largest absolute Gasteiger partial charge is 0.399 e. The summed E-state index contributed by atoms with van der Waals surface area (Å²) in [5, 5.41) is 3.58. The Hall–Kier alpha value is -1.48. The molecule has 1 aromatic carbocycles. The fraction of sp³-hybridized carbons (Fsp3) is 0.500. The smallest absolute Gasteiger partial charge is 0.0536 e. The minimum Gasteiger partial charge on any atom is -0.399 e. The van der Waals surface area contributed by atoms with E-state index in [2.05, 4.69) is 43.1 Å². The van der Waals surface area contributed by atoms with E-state index in [4.69, 9.17) is 5.73 Å². The molecule has 0 amide bonds. The number of rotatable bonds is 4. The van der Waals surface area contributed by atoms with Gasteiger partial charge in [-0.2, -0.15) is 0 Å². The van der Waals surface area contributed by atoms with Gasteiger partial charge in [0.25, 0.3) is 0 Å². The van der Waals surface area contributed by atoms with Crippen molar-refractivity contribution in [1.82, 2.24) is 4.90 Å². The molecular formula is C16H25N3. The van der Waals surface area contributed by atoms with Gasteiger partial charge in [-0.1, -0.05) is 32.9 Å². The lowest BCUT2D eigenvalue weighted by atomic mass is 9.94. The molecular weight excluding hydrogens is 234 g/mol. The molecule has 1 aliphatic heterocycles. The maximum absolute atomic E-state index is 5.88. The molecule has 1 atom stereocenters. The van der Waals surface area contributed by atoms with Gasteiger partial charge in [-0.15, -0.1) is 0 Å². The van der Waals surface area contributed by atoms with E-state index in [-0.39, 0.29) is 0 Å². The number of nitrogen functional groups attached to an aromatic ring is 1.